The van der Waals surface area contributed by atoms with Gasteiger partial charge in [0.25, 0.3) is 0 Å². The molecule has 2 heterocycles. The lowest BCUT2D eigenvalue weighted by Crippen LogP contribution is -2.40. The minimum Gasteiger partial charge on any atom is -0.342 e. The highest BCUT2D eigenvalue weighted by Crippen LogP contribution is 2.32. The lowest BCUT2D eigenvalue weighted by atomic mass is 10.1. The lowest BCUT2D eigenvalue weighted by molar-refractivity contribution is -0.131. The van der Waals surface area contributed by atoms with Crippen molar-refractivity contribution >= 4 is 39.8 Å². The summed E-state index contributed by atoms with van der Waals surface area (Å²) in [5.41, 5.74) is 3.45. The number of benzene rings is 1. The van der Waals surface area contributed by atoms with Gasteiger partial charge in [-0.1, -0.05) is 40.8 Å². The van der Waals surface area contributed by atoms with Crippen LogP contribution < -0.4 is 5.32 Å². The van der Waals surface area contributed by atoms with Gasteiger partial charge in [0.1, 0.15) is 0 Å². The van der Waals surface area contributed by atoms with Gasteiger partial charge in [-0.05, 0) is 51.7 Å². The quantitative estimate of drug-likeness (QED) is 0.784. The molecule has 1 N–H and O–H groups in total. The molecule has 25 heavy (non-hydrogen) atoms. The Kier molecular flexibility index (Phi) is 5.96. The zero-order chi connectivity index (χ0) is 17.8. The molecule has 2 aromatic rings. The second-order valence-corrected chi connectivity index (χ2v) is 9.03. The summed E-state index contributed by atoms with van der Waals surface area (Å²) in [7, 11) is 0. The number of hydrogen-bond acceptors (Lipinski definition) is 6. The fraction of sp³-hybridized carbons (Fsp3) is 0.500. The van der Waals surface area contributed by atoms with E-state index in [2.05, 4.69) is 47.6 Å². The first-order valence-corrected chi connectivity index (χ1v) is 10.4. The number of anilines is 2. The molecule has 0 saturated carbocycles. The predicted molar refractivity (Wildman–Crippen MR) is 105 cm³/mol. The summed E-state index contributed by atoms with van der Waals surface area (Å²) < 4.78 is 0.824. The van der Waals surface area contributed by atoms with Crippen molar-refractivity contribution < 1.29 is 4.79 Å². The number of nitrogens with zero attached hydrogens (tertiary/aromatic N) is 3. The number of carbonyl (C=O) groups is 1. The number of piperidine rings is 1. The molecule has 1 aromatic heterocycles. The Bertz CT molecular complexity index is 740. The number of hydrogen-bond donors (Lipinski definition) is 1. The highest BCUT2D eigenvalue weighted by Gasteiger charge is 2.24. The van der Waals surface area contributed by atoms with Crippen molar-refractivity contribution in [3.8, 4) is 0 Å². The number of amides is 1. The van der Waals surface area contributed by atoms with Crippen molar-refractivity contribution in [2.75, 3.05) is 18.4 Å². The van der Waals surface area contributed by atoms with Crippen LogP contribution in [0.1, 0.15) is 37.3 Å². The molecule has 1 aliphatic rings. The van der Waals surface area contributed by atoms with Gasteiger partial charge in [-0.15, -0.1) is 10.2 Å². The normalized spacial score (nSPS) is 15.9. The maximum atomic E-state index is 12.5. The van der Waals surface area contributed by atoms with E-state index >= 15 is 0 Å². The van der Waals surface area contributed by atoms with Crippen LogP contribution in [0.4, 0.5) is 10.8 Å². The third-order valence-corrected chi connectivity index (χ3v) is 6.33. The Labute approximate surface area is 157 Å². The average molecular weight is 377 g/mol. The zero-order valence-corrected chi connectivity index (χ0v) is 16.5. The van der Waals surface area contributed by atoms with Gasteiger partial charge in [-0.3, -0.25) is 4.79 Å². The molecule has 0 radical (unpaired) electrons. The second kappa shape index (κ2) is 8.19. The average Bonchev–Trinajstić information content (AvgIpc) is 3.04. The Morgan fingerprint density at radius 2 is 2.00 bits per heavy atom. The van der Waals surface area contributed by atoms with E-state index in [1.54, 1.807) is 0 Å². The molecule has 5 nitrogen and oxygen atoms in total. The van der Waals surface area contributed by atoms with Crippen molar-refractivity contribution in [1.29, 1.82) is 0 Å². The Morgan fingerprint density at radius 1 is 1.24 bits per heavy atom. The van der Waals surface area contributed by atoms with E-state index < -0.39 is 0 Å². The molecule has 0 bridgehead atoms. The third kappa shape index (κ3) is 4.73. The Morgan fingerprint density at radius 3 is 2.72 bits per heavy atom. The molecule has 1 amide bonds. The van der Waals surface area contributed by atoms with E-state index in [9.17, 15) is 4.79 Å². The van der Waals surface area contributed by atoms with Gasteiger partial charge in [0.05, 0.1) is 5.25 Å². The highest BCUT2D eigenvalue weighted by atomic mass is 32.2. The largest absolute Gasteiger partial charge is 0.342 e. The van der Waals surface area contributed by atoms with Crippen LogP contribution in [0, 0.1) is 13.8 Å². The number of likely N-dealkylation sites (tertiary alicyclic amines) is 1. The van der Waals surface area contributed by atoms with Gasteiger partial charge in [0.15, 0.2) is 4.34 Å². The fourth-order valence-corrected chi connectivity index (χ4v) is 4.94. The van der Waals surface area contributed by atoms with Gasteiger partial charge in [-0.25, -0.2) is 0 Å². The molecule has 0 aliphatic carbocycles. The maximum Gasteiger partial charge on any atom is 0.235 e. The van der Waals surface area contributed by atoms with E-state index in [4.69, 9.17) is 0 Å². The standard InChI is InChI=1S/C18H24N4OS2/c1-12-7-8-15(13(2)11-12)19-17-20-21-18(25-17)24-14(3)16(23)22-9-5-4-6-10-22/h7-8,11,14H,4-6,9-10H2,1-3H3,(H,19,20)/t14-/m1/s1. The minimum absolute atomic E-state index is 0.125. The lowest BCUT2D eigenvalue weighted by Gasteiger charge is -2.28. The van der Waals surface area contributed by atoms with Crippen molar-refractivity contribution in [2.24, 2.45) is 0 Å². The molecule has 1 atom stereocenters. The Hall–Kier alpha value is -1.60. The fourth-order valence-electron chi connectivity index (χ4n) is 2.95. The van der Waals surface area contributed by atoms with Gasteiger partial charge >= 0.3 is 0 Å². The predicted octanol–water partition coefficient (Wildman–Crippen LogP) is 4.39. The number of thioether (sulfide) groups is 1. The van der Waals surface area contributed by atoms with Crippen LogP contribution >= 0.6 is 23.1 Å². The van der Waals surface area contributed by atoms with Crippen LogP contribution in [-0.4, -0.2) is 39.3 Å². The Balaban J connectivity index is 1.60. The van der Waals surface area contributed by atoms with Crippen molar-refractivity contribution in [3.05, 3.63) is 29.3 Å². The van der Waals surface area contributed by atoms with Crippen molar-refractivity contribution in [1.82, 2.24) is 15.1 Å². The molecule has 134 valence electrons. The second-order valence-electron chi connectivity index (χ2n) is 6.46. The van der Waals surface area contributed by atoms with E-state index in [0.29, 0.717) is 0 Å². The smallest absolute Gasteiger partial charge is 0.235 e. The SMILES string of the molecule is Cc1ccc(Nc2nnc(S[C@H](C)C(=O)N3CCCCC3)s2)c(C)c1. The van der Waals surface area contributed by atoms with Crippen LogP contribution in [0.15, 0.2) is 22.5 Å². The summed E-state index contributed by atoms with van der Waals surface area (Å²) in [4.78, 5) is 14.5. The summed E-state index contributed by atoms with van der Waals surface area (Å²) in [5.74, 6) is 0.212. The van der Waals surface area contributed by atoms with Gasteiger partial charge in [-0.2, -0.15) is 0 Å². The first kappa shape index (κ1) is 18.2. The monoisotopic (exact) mass is 376 g/mol. The molecular formula is C18H24N4OS2. The minimum atomic E-state index is -0.125. The zero-order valence-electron chi connectivity index (χ0n) is 14.9. The molecule has 1 saturated heterocycles. The maximum absolute atomic E-state index is 12.5. The summed E-state index contributed by atoms with van der Waals surface area (Å²) >= 11 is 2.99. The van der Waals surface area contributed by atoms with Crippen LogP contribution in [0.3, 0.4) is 0 Å². The highest BCUT2D eigenvalue weighted by molar-refractivity contribution is 8.02. The molecule has 0 unspecified atom stereocenters. The molecule has 1 aliphatic heterocycles. The van der Waals surface area contributed by atoms with Crippen LogP contribution in [-0.2, 0) is 4.79 Å². The molecule has 1 fully saturated rings. The number of nitrogens with one attached hydrogen (secondary N) is 1. The summed E-state index contributed by atoms with van der Waals surface area (Å²) in [6.45, 7) is 7.89. The third-order valence-electron chi connectivity index (χ3n) is 4.32. The van der Waals surface area contributed by atoms with Crippen molar-refractivity contribution in [2.45, 2.75) is 49.6 Å². The molecule has 7 heteroatoms. The van der Waals surface area contributed by atoms with E-state index in [1.807, 2.05) is 11.8 Å². The first-order valence-electron chi connectivity index (χ1n) is 8.66. The van der Waals surface area contributed by atoms with E-state index in [1.165, 1.54) is 40.6 Å². The molecule has 1 aromatic carbocycles. The van der Waals surface area contributed by atoms with E-state index in [-0.39, 0.29) is 11.2 Å². The van der Waals surface area contributed by atoms with Crippen LogP contribution in [0.5, 0.6) is 0 Å². The topological polar surface area (TPSA) is 58.1 Å². The summed E-state index contributed by atoms with van der Waals surface area (Å²) in [5, 5.41) is 12.4. The summed E-state index contributed by atoms with van der Waals surface area (Å²) in [6, 6.07) is 6.27. The van der Waals surface area contributed by atoms with Gasteiger partial charge in [0, 0.05) is 18.8 Å². The van der Waals surface area contributed by atoms with E-state index in [0.717, 1.165) is 41.1 Å². The molecule has 0 spiro atoms. The molecular weight excluding hydrogens is 352 g/mol. The van der Waals surface area contributed by atoms with Crippen LogP contribution in [0.25, 0.3) is 0 Å². The number of rotatable bonds is 5. The number of aryl methyl sites for hydroxylation is 2. The first-order chi connectivity index (χ1) is 12.0. The van der Waals surface area contributed by atoms with Crippen LogP contribution in [0.2, 0.25) is 0 Å². The summed E-state index contributed by atoms with van der Waals surface area (Å²) in [6.07, 6.45) is 3.47. The number of carbonyl (C=O) groups excluding carboxylic acids is 1. The van der Waals surface area contributed by atoms with Gasteiger partial charge < -0.3 is 10.2 Å². The van der Waals surface area contributed by atoms with Crippen molar-refractivity contribution in [3.63, 3.8) is 0 Å². The molecule has 3 rings (SSSR count). The van der Waals surface area contributed by atoms with Gasteiger partial charge in [0.2, 0.25) is 11.0 Å². The number of aromatic nitrogens is 2.